The molecule has 1 heterocycles. The first-order valence-corrected chi connectivity index (χ1v) is 5.83. The van der Waals surface area contributed by atoms with Crippen LogP contribution in [0.15, 0.2) is 24.3 Å². The number of hydrogen-bond donors (Lipinski definition) is 2. The zero-order valence-corrected chi connectivity index (χ0v) is 10.9. The van der Waals surface area contributed by atoms with Crippen LogP contribution in [0.4, 0.5) is 9.18 Å². The van der Waals surface area contributed by atoms with Crippen molar-refractivity contribution in [3.05, 3.63) is 29.8 Å². The minimum Gasteiger partial charge on any atom is -0.459 e. The van der Waals surface area contributed by atoms with Gasteiger partial charge in [-0.15, -0.1) is 0 Å². The van der Waals surface area contributed by atoms with Gasteiger partial charge in [0, 0.05) is 13.8 Å². The van der Waals surface area contributed by atoms with Crippen LogP contribution in [0.5, 0.6) is 5.75 Å². The van der Waals surface area contributed by atoms with E-state index >= 15 is 0 Å². The molecule has 1 aliphatic rings. The molecule has 1 fully saturated rings. The summed E-state index contributed by atoms with van der Waals surface area (Å²) >= 11 is 0. The second-order valence-corrected chi connectivity index (χ2v) is 5.02. The topological polar surface area (TPSA) is 67.4 Å². The molecular formula is C13H15FN2O3. The predicted octanol–water partition coefficient (Wildman–Crippen LogP) is 1.83. The molecule has 1 unspecified atom stereocenters. The second kappa shape index (κ2) is 4.22. The monoisotopic (exact) mass is 266 g/mol. The Hall–Kier alpha value is -2.11. The lowest BCUT2D eigenvalue weighted by Gasteiger charge is -2.22. The van der Waals surface area contributed by atoms with Gasteiger partial charge in [-0.05, 0) is 24.6 Å². The van der Waals surface area contributed by atoms with Crippen molar-refractivity contribution in [3.8, 4) is 5.75 Å². The minimum absolute atomic E-state index is 0.351. The number of alkyl halides is 1. The molecule has 2 N–H and O–H groups in total. The molecule has 2 rings (SSSR count). The van der Waals surface area contributed by atoms with E-state index in [2.05, 4.69) is 10.6 Å². The third kappa shape index (κ3) is 2.67. The highest BCUT2D eigenvalue weighted by atomic mass is 19.2. The number of halogens is 1. The van der Waals surface area contributed by atoms with Crippen LogP contribution >= 0.6 is 0 Å². The first-order valence-electron chi connectivity index (χ1n) is 5.83. The normalized spacial score (nSPS) is 22.9. The van der Waals surface area contributed by atoms with Crippen LogP contribution in [-0.2, 0) is 10.3 Å². The molecule has 5 nitrogen and oxygen atoms in total. The van der Waals surface area contributed by atoms with E-state index in [9.17, 15) is 14.0 Å². The maximum atomic E-state index is 13.3. The second-order valence-electron chi connectivity index (χ2n) is 5.02. The molecule has 1 atom stereocenters. The largest absolute Gasteiger partial charge is 0.459 e. The van der Waals surface area contributed by atoms with E-state index in [-0.39, 0.29) is 0 Å². The Morgan fingerprint density at radius 3 is 2.21 bits per heavy atom. The summed E-state index contributed by atoms with van der Waals surface area (Å²) in [6, 6.07) is 5.82. The van der Waals surface area contributed by atoms with Gasteiger partial charge in [0.1, 0.15) is 11.3 Å². The SMILES string of the molecule is CC(C)(F)Oc1ccc(C2(C)NC(=O)NC2=O)cc1. The lowest BCUT2D eigenvalue weighted by molar-refractivity contribution is -0.123. The molecule has 19 heavy (non-hydrogen) atoms. The molecule has 0 saturated carbocycles. The minimum atomic E-state index is -1.77. The van der Waals surface area contributed by atoms with Crippen molar-refractivity contribution in [1.82, 2.24) is 10.6 Å². The van der Waals surface area contributed by atoms with Gasteiger partial charge in [-0.1, -0.05) is 12.1 Å². The van der Waals surface area contributed by atoms with Crippen molar-refractivity contribution in [2.45, 2.75) is 32.2 Å². The smallest absolute Gasteiger partial charge is 0.322 e. The Bertz CT molecular complexity index is 522. The molecular weight excluding hydrogens is 251 g/mol. The van der Waals surface area contributed by atoms with E-state index < -0.39 is 23.3 Å². The quantitative estimate of drug-likeness (QED) is 0.820. The van der Waals surface area contributed by atoms with Crippen molar-refractivity contribution in [1.29, 1.82) is 0 Å². The maximum Gasteiger partial charge on any atom is 0.322 e. The van der Waals surface area contributed by atoms with Gasteiger partial charge in [-0.2, -0.15) is 4.39 Å². The first-order chi connectivity index (χ1) is 8.71. The molecule has 0 radical (unpaired) electrons. The molecule has 0 aromatic heterocycles. The summed E-state index contributed by atoms with van der Waals surface area (Å²) in [5, 5.41) is 4.73. The molecule has 1 aliphatic heterocycles. The van der Waals surface area contributed by atoms with Gasteiger partial charge in [0.15, 0.2) is 0 Å². The first kappa shape index (κ1) is 13.3. The van der Waals surface area contributed by atoms with E-state index in [4.69, 9.17) is 4.74 Å². The summed E-state index contributed by atoms with van der Waals surface area (Å²) in [5.41, 5.74) is -0.513. The lowest BCUT2D eigenvalue weighted by atomic mass is 9.92. The number of nitrogens with one attached hydrogen (secondary N) is 2. The highest BCUT2D eigenvalue weighted by molar-refractivity contribution is 6.07. The fourth-order valence-corrected chi connectivity index (χ4v) is 1.88. The van der Waals surface area contributed by atoms with Gasteiger partial charge >= 0.3 is 6.03 Å². The van der Waals surface area contributed by atoms with Gasteiger partial charge in [0.25, 0.3) is 5.91 Å². The molecule has 0 aliphatic carbocycles. The Morgan fingerprint density at radius 1 is 1.21 bits per heavy atom. The van der Waals surface area contributed by atoms with Crippen LogP contribution < -0.4 is 15.4 Å². The van der Waals surface area contributed by atoms with Crippen molar-refractivity contribution in [2.75, 3.05) is 0 Å². The van der Waals surface area contributed by atoms with E-state index in [0.29, 0.717) is 11.3 Å². The van der Waals surface area contributed by atoms with Gasteiger partial charge in [0.05, 0.1) is 0 Å². The zero-order chi connectivity index (χ0) is 14.3. The zero-order valence-electron chi connectivity index (χ0n) is 10.9. The van der Waals surface area contributed by atoms with Crippen LogP contribution in [0, 0.1) is 0 Å². The molecule has 1 aromatic rings. The Kier molecular flexibility index (Phi) is 2.96. The predicted molar refractivity (Wildman–Crippen MR) is 66.3 cm³/mol. The summed E-state index contributed by atoms with van der Waals surface area (Å²) in [6.45, 7) is 4.20. The van der Waals surface area contributed by atoms with Gasteiger partial charge in [-0.3, -0.25) is 10.1 Å². The molecule has 3 amide bonds. The van der Waals surface area contributed by atoms with E-state index in [1.54, 1.807) is 31.2 Å². The number of urea groups is 1. The van der Waals surface area contributed by atoms with Gasteiger partial charge < -0.3 is 10.1 Å². The molecule has 102 valence electrons. The summed E-state index contributed by atoms with van der Waals surface area (Å²) in [5.74, 6) is -1.84. The fraction of sp³-hybridized carbons (Fsp3) is 0.385. The number of amides is 3. The van der Waals surface area contributed by atoms with Gasteiger partial charge in [-0.25, -0.2) is 4.79 Å². The highest BCUT2D eigenvalue weighted by Crippen LogP contribution is 2.27. The van der Waals surface area contributed by atoms with Crippen LogP contribution in [0.25, 0.3) is 0 Å². The summed E-state index contributed by atoms with van der Waals surface area (Å²) in [6.07, 6.45) is 0. The van der Waals surface area contributed by atoms with Crippen LogP contribution in [0.3, 0.4) is 0 Å². The highest BCUT2D eigenvalue weighted by Gasteiger charge is 2.43. The Labute approximate surface area is 110 Å². The maximum absolute atomic E-state index is 13.3. The third-order valence-corrected chi connectivity index (χ3v) is 2.84. The van der Waals surface area contributed by atoms with E-state index in [1.165, 1.54) is 13.8 Å². The summed E-state index contributed by atoms with van der Waals surface area (Å²) in [7, 11) is 0. The molecule has 1 saturated heterocycles. The van der Waals surface area contributed by atoms with Crippen LogP contribution in [0.2, 0.25) is 0 Å². The molecule has 0 bridgehead atoms. The molecule has 1 aromatic carbocycles. The average molecular weight is 266 g/mol. The van der Waals surface area contributed by atoms with Crippen LogP contribution in [-0.4, -0.2) is 17.8 Å². The molecule has 0 spiro atoms. The summed E-state index contributed by atoms with van der Waals surface area (Å²) < 4.78 is 18.4. The average Bonchev–Trinajstić information content (AvgIpc) is 2.52. The van der Waals surface area contributed by atoms with Gasteiger partial charge in [0.2, 0.25) is 5.85 Å². The Morgan fingerprint density at radius 2 is 1.79 bits per heavy atom. The number of benzene rings is 1. The number of hydrogen-bond acceptors (Lipinski definition) is 3. The van der Waals surface area contributed by atoms with E-state index in [1.807, 2.05) is 0 Å². The fourth-order valence-electron chi connectivity index (χ4n) is 1.88. The van der Waals surface area contributed by atoms with Crippen molar-refractivity contribution in [2.24, 2.45) is 0 Å². The van der Waals surface area contributed by atoms with Crippen molar-refractivity contribution < 1.29 is 18.7 Å². The van der Waals surface area contributed by atoms with E-state index in [0.717, 1.165) is 0 Å². The Balaban J connectivity index is 2.24. The lowest BCUT2D eigenvalue weighted by Crippen LogP contribution is -2.40. The third-order valence-electron chi connectivity index (χ3n) is 2.84. The number of imide groups is 1. The summed E-state index contributed by atoms with van der Waals surface area (Å²) in [4.78, 5) is 22.9. The van der Waals surface area contributed by atoms with Crippen molar-refractivity contribution >= 4 is 11.9 Å². The standard InChI is InChI=1S/C13H15FN2O3/c1-12(2,14)19-9-6-4-8(5-7-9)13(3)10(17)15-11(18)16-13/h4-7H,1-3H3,(H2,15,16,17,18). The van der Waals surface area contributed by atoms with Crippen molar-refractivity contribution in [3.63, 3.8) is 0 Å². The number of rotatable bonds is 3. The number of carbonyl (C=O) groups excluding carboxylic acids is 2. The number of carbonyl (C=O) groups is 2. The van der Waals surface area contributed by atoms with Crippen LogP contribution in [0.1, 0.15) is 26.3 Å². The molecule has 6 heteroatoms. The number of ether oxygens (including phenoxy) is 1.